The molecule has 116 valence electrons. The van der Waals surface area contributed by atoms with Gasteiger partial charge in [-0.1, -0.05) is 6.92 Å². The highest BCUT2D eigenvalue weighted by Gasteiger charge is 2.28. The molecule has 0 aliphatic heterocycles. The van der Waals surface area contributed by atoms with Crippen molar-refractivity contribution in [2.75, 3.05) is 13.1 Å². The Kier molecular flexibility index (Phi) is 5.60. The number of sulfonamides is 1. The van der Waals surface area contributed by atoms with E-state index >= 15 is 0 Å². The second-order valence-corrected chi connectivity index (χ2v) is 5.91. The van der Waals surface area contributed by atoms with Crippen molar-refractivity contribution >= 4 is 10.0 Å². The molecule has 0 spiro atoms. The van der Waals surface area contributed by atoms with Crippen LogP contribution < -0.4 is 10.0 Å². The average Bonchev–Trinajstić information content (AvgIpc) is 2.66. The maximum atomic E-state index is 12.0. The number of halogens is 3. The second kappa shape index (κ2) is 6.59. The van der Waals surface area contributed by atoms with E-state index in [1.165, 1.54) is 13.0 Å². The summed E-state index contributed by atoms with van der Waals surface area (Å²) in [5.41, 5.74) is 0. The molecule has 0 saturated carbocycles. The third-order valence-electron chi connectivity index (χ3n) is 2.46. The molecule has 0 fully saturated rings. The number of hydrogen-bond acceptors (Lipinski definition) is 4. The van der Waals surface area contributed by atoms with Gasteiger partial charge in [0.05, 0.1) is 13.0 Å². The predicted molar refractivity (Wildman–Crippen MR) is 66.7 cm³/mol. The molecular formula is C11H17F3N2O3S. The van der Waals surface area contributed by atoms with Gasteiger partial charge in [0, 0.05) is 12.6 Å². The van der Waals surface area contributed by atoms with Gasteiger partial charge in [0.2, 0.25) is 10.0 Å². The molecule has 0 radical (unpaired) electrons. The Morgan fingerprint density at radius 1 is 1.35 bits per heavy atom. The van der Waals surface area contributed by atoms with Crippen molar-refractivity contribution in [2.24, 2.45) is 0 Å². The Morgan fingerprint density at radius 3 is 2.55 bits per heavy atom. The van der Waals surface area contributed by atoms with Gasteiger partial charge in [-0.25, -0.2) is 13.1 Å². The SMILES string of the molecule is CCNCc1cc(S(=O)(=O)NCCC(F)(F)F)c(C)o1. The molecule has 0 amide bonds. The lowest BCUT2D eigenvalue weighted by molar-refractivity contribution is -0.132. The summed E-state index contributed by atoms with van der Waals surface area (Å²) in [6, 6.07) is 1.31. The molecule has 1 aromatic rings. The lowest BCUT2D eigenvalue weighted by Crippen LogP contribution is -2.28. The number of alkyl halides is 3. The van der Waals surface area contributed by atoms with Gasteiger partial charge in [0.1, 0.15) is 16.4 Å². The molecule has 1 rings (SSSR count). The normalized spacial score (nSPS) is 12.8. The third-order valence-corrected chi connectivity index (χ3v) is 4.03. The molecule has 0 bridgehead atoms. The summed E-state index contributed by atoms with van der Waals surface area (Å²) in [5.74, 6) is 0.568. The van der Waals surface area contributed by atoms with Gasteiger partial charge in [0.15, 0.2) is 0 Å². The summed E-state index contributed by atoms with van der Waals surface area (Å²) in [4.78, 5) is -0.132. The molecule has 0 saturated heterocycles. The van der Waals surface area contributed by atoms with Crippen LogP contribution in [0.1, 0.15) is 24.9 Å². The Morgan fingerprint density at radius 2 is 2.00 bits per heavy atom. The molecule has 5 nitrogen and oxygen atoms in total. The summed E-state index contributed by atoms with van der Waals surface area (Å²) < 4.78 is 66.9. The van der Waals surface area contributed by atoms with Crippen molar-refractivity contribution in [3.05, 3.63) is 17.6 Å². The number of furan rings is 1. The van der Waals surface area contributed by atoms with E-state index in [2.05, 4.69) is 5.32 Å². The van der Waals surface area contributed by atoms with Crippen LogP contribution in [-0.2, 0) is 16.6 Å². The first-order valence-corrected chi connectivity index (χ1v) is 7.50. The van der Waals surface area contributed by atoms with Crippen molar-refractivity contribution < 1.29 is 26.0 Å². The van der Waals surface area contributed by atoms with E-state index in [0.717, 1.165) is 0 Å². The molecule has 0 unspecified atom stereocenters. The van der Waals surface area contributed by atoms with Gasteiger partial charge >= 0.3 is 6.18 Å². The third kappa shape index (κ3) is 5.14. The fourth-order valence-corrected chi connectivity index (χ4v) is 2.76. The van der Waals surface area contributed by atoms with Gasteiger partial charge in [-0.3, -0.25) is 0 Å². The fourth-order valence-electron chi connectivity index (χ4n) is 1.53. The molecule has 0 atom stereocenters. The van der Waals surface area contributed by atoms with Crippen LogP contribution in [0, 0.1) is 6.92 Å². The summed E-state index contributed by atoms with van der Waals surface area (Å²) in [6.07, 6.45) is -5.61. The van der Waals surface area contributed by atoms with Crippen LogP contribution in [0.2, 0.25) is 0 Å². The quantitative estimate of drug-likeness (QED) is 0.807. The minimum absolute atomic E-state index is 0.132. The van der Waals surface area contributed by atoms with E-state index < -0.39 is 29.2 Å². The molecule has 9 heteroatoms. The van der Waals surface area contributed by atoms with Crippen LogP contribution in [0.25, 0.3) is 0 Å². The van der Waals surface area contributed by atoms with Crippen molar-refractivity contribution in [2.45, 2.75) is 37.9 Å². The minimum atomic E-state index is -4.40. The Labute approximate surface area is 115 Å². The van der Waals surface area contributed by atoms with Gasteiger partial charge in [-0.05, 0) is 13.5 Å². The predicted octanol–water partition coefficient (Wildman–Crippen LogP) is 1.93. The lowest BCUT2D eigenvalue weighted by Gasteiger charge is -2.07. The maximum Gasteiger partial charge on any atom is 0.390 e. The molecule has 0 aromatic carbocycles. The first-order valence-electron chi connectivity index (χ1n) is 6.02. The van der Waals surface area contributed by atoms with Gasteiger partial charge in [-0.2, -0.15) is 13.2 Å². The number of hydrogen-bond donors (Lipinski definition) is 2. The van der Waals surface area contributed by atoms with E-state index in [0.29, 0.717) is 18.8 Å². The molecule has 20 heavy (non-hydrogen) atoms. The lowest BCUT2D eigenvalue weighted by atomic mass is 10.4. The van der Waals surface area contributed by atoms with Crippen LogP contribution in [-0.4, -0.2) is 27.7 Å². The monoisotopic (exact) mass is 314 g/mol. The van der Waals surface area contributed by atoms with Gasteiger partial charge in [0.25, 0.3) is 0 Å². The second-order valence-electron chi connectivity index (χ2n) is 4.18. The average molecular weight is 314 g/mol. The largest absolute Gasteiger partial charge is 0.464 e. The van der Waals surface area contributed by atoms with Crippen LogP contribution in [0.5, 0.6) is 0 Å². The summed E-state index contributed by atoms with van der Waals surface area (Å²) in [5, 5.41) is 2.96. The fraction of sp³-hybridized carbons (Fsp3) is 0.636. The zero-order valence-electron chi connectivity index (χ0n) is 11.2. The van der Waals surface area contributed by atoms with Crippen LogP contribution >= 0.6 is 0 Å². The maximum absolute atomic E-state index is 12.0. The summed E-state index contributed by atoms with van der Waals surface area (Å²) in [6.45, 7) is 3.68. The van der Waals surface area contributed by atoms with Crippen LogP contribution in [0.4, 0.5) is 13.2 Å². The van der Waals surface area contributed by atoms with E-state index in [9.17, 15) is 21.6 Å². The number of aryl methyl sites for hydroxylation is 1. The highest BCUT2D eigenvalue weighted by atomic mass is 32.2. The first kappa shape index (κ1) is 17.0. The number of nitrogens with one attached hydrogen (secondary N) is 2. The Bertz CT molecular complexity index is 538. The van der Waals surface area contributed by atoms with E-state index in [1.807, 2.05) is 11.6 Å². The van der Waals surface area contributed by atoms with Crippen LogP contribution in [0.3, 0.4) is 0 Å². The molecule has 0 aliphatic carbocycles. The van der Waals surface area contributed by atoms with E-state index in [1.54, 1.807) is 0 Å². The van der Waals surface area contributed by atoms with Crippen molar-refractivity contribution in [1.29, 1.82) is 0 Å². The van der Waals surface area contributed by atoms with Crippen LogP contribution in [0.15, 0.2) is 15.4 Å². The van der Waals surface area contributed by atoms with Gasteiger partial charge < -0.3 is 9.73 Å². The summed E-state index contributed by atoms with van der Waals surface area (Å²) >= 11 is 0. The molecular weight excluding hydrogens is 297 g/mol. The highest BCUT2D eigenvalue weighted by Crippen LogP contribution is 2.21. The molecule has 0 aliphatic rings. The molecule has 2 N–H and O–H groups in total. The zero-order valence-corrected chi connectivity index (χ0v) is 12.0. The smallest absolute Gasteiger partial charge is 0.390 e. The molecule has 1 aromatic heterocycles. The standard InChI is InChI=1S/C11H17F3N2O3S/c1-3-15-7-9-6-10(8(2)19-9)20(17,18)16-5-4-11(12,13)14/h6,15-16H,3-5,7H2,1-2H3. The number of rotatable bonds is 7. The van der Waals surface area contributed by atoms with Crippen molar-refractivity contribution in [3.63, 3.8) is 0 Å². The Hall–Kier alpha value is -1.06. The van der Waals surface area contributed by atoms with Crippen molar-refractivity contribution in [1.82, 2.24) is 10.0 Å². The van der Waals surface area contributed by atoms with E-state index in [4.69, 9.17) is 4.42 Å². The van der Waals surface area contributed by atoms with Gasteiger partial charge in [-0.15, -0.1) is 0 Å². The first-order chi connectivity index (χ1) is 9.15. The zero-order chi connectivity index (χ0) is 15.4. The van der Waals surface area contributed by atoms with Crippen molar-refractivity contribution in [3.8, 4) is 0 Å². The summed E-state index contributed by atoms with van der Waals surface area (Å²) in [7, 11) is -3.99. The minimum Gasteiger partial charge on any atom is -0.464 e. The van der Waals surface area contributed by atoms with E-state index in [-0.39, 0.29) is 10.7 Å². The molecule has 1 heterocycles. The topological polar surface area (TPSA) is 71.3 Å². The highest BCUT2D eigenvalue weighted by molar-refractivity contribution is 7.89. The Balaban J connectivity index is 2.74.